The molecule has 0 saturated heterocycles. The van der Waals surface area contributed by atoms with Gasteiger partial charge in [0.1, 0.15) is 17.2 Å². The summed E-state index contributed by atoms with van der Waals surface area (Å²) in [6.07, 6.45) is 3.32. The quantitative estimate of drug-likeness (QED) is 0.747. The molecule has 25 heavy (non-hydrogen) atoms. The molecular weight excluding hydrogens is 320 g/mol. The van der Waals surface area contributed by atoms with Crippen molar-refractivity contribution in [2.45, 2.75) is 13.0 Å². The lowest BCUT2D eigenvalue weighted by atomic mass is 10.1. The van der Waals surface area contributed by atoms with E-state index in [4.69, 9.17) is 4.74 Å². The second-order valence-corrected chi connectivity index (χ2v) is 5.62. The van der Waals surface area contributed by atoms with Gasteiger partial charge < -0.3 is 10.1 Å². The number of nitrogens with one attached hydrogen (secondary N) is 2. The third kappa shape index (κ3) is 3.95. The van der Waals surface area contributed by atoms with Gasteiger partial charge >= 0.3 is 0 Å². The summed E-state index contributed by atoms with van der Waals surface area (Å²) in [5, 5.41) is 5.38. The lowest BCUT2D eigenvalue weighted by Gasteiger charge is -2.15. The lowest BCUT2D eigenvalue weighted by molar-refractivity contribution is 0.0930. The maximum Gasteiger partial charge on any atom is 0.270 e. The first-order valence-electron chi connectivity index (χ1n) is 7.77. The average Bonchev–Trinajstić information content (AvgIpc) is 2.95. The van der Waals surface area contributed by atoms with Crippen LogP contribution in [0.4, 0.5) is 0 Å². The summed E-state index contributed by atoms with van der Waals surface area (Å²) in [6, 6.07) is 12.1. The van der Waals surface area contributed by atoms with E-state index in [-0.39, 0.29) is 23.2 Å². The molecule has 0 spiro atoms. The summed E-state index contributed by atoms with van der Waals surface area (Å²) in [5.74, 6) is 1.03. The van der Waals surface area contributed by atoms with Gasteiger partial charge in [0.05, 0.1) is 12.2 Å². The zero-order valence-corrected chi connectivity index (χ0v) is 13.9. The Kier molecular flexibility index (Phi) is 4.65. The van der Waals surface area contributed by atoms with Gasteiger partial charge in [-0.05, 0) is 36.8 Å². The van der Waals surface area contributed by atoms with Crippen LogP contribution >= 0.6 is 0 Å². The molecule has 0 bridgehead atoms. The van der Waals surface area contributed by atoms with Crippen molar-refractivity contribution in [1.82, 2.24) is 20.1 Å². The first-order valence-corrected chi connectivity index (χ1v) is 7.77. The van der Waals surface area contributed by atoms with E-state index < -0.39 is 0 Å². The van der Waals surface area contributed by atoms with Gasteiger partial charge in [-0.25, -0.2) is 0 Å². The van der Waals surface area contributed by atoms with Crippen LogP contribution in [-0.4, -0.2) is 20.7 Å². The van der Waals surface area contributed by atoms with E-state index in [0.717, 1.165) is 5.56 Å². The summed E-state index contributed by atoms with van der Waals surface area (Å²) in [5.41, 5.74) is 0.901. The van der Waals surface area contributed by atoms with Crippen molar-refractivity contribution in [2.75, 3.05) is 0 Å². The molecule has 0 aliphatic heterocycles. The number of hydrogen-bond donors (Lipinski definition) is 2. The highest BCUT2D eigenvalue weighted by atomic mass is 16.5. The van der Waals surface area contributed by atoms with Crippen LogP contribution in [0.3, 0.4) is 0 Å². The van der Waals surface area contributed by atoms with Crippen molar-refractivity contribution in [3.05, 3.63) is 76.5 Å². The molecule has 0 aliphatic rings. The number of carbonyl (C=O) groups is 1. The molecule has 1 amide bonds. The minimum Gasteiger partial charge on any atom is -0.456 e. The van der Waals surface area contributed by atoms with Crippen molar-refractivity contribution in [2.24, 2.45) is 7.05 Å². The van der Waals surface area contributed by atoms with Crippen molar-refractivity contribution >= 4 is 5.91 Å². The maximum absolute atomic E-state index is 12.2. The third-order valence-electron chi connectivity index (χ3n) is 3.74. The minimum absolute atomic E-state index is 0.218. The molecule has 2 aromatic heterocycles. The Labute approximate surface area is 144 Å². The number of rotatable bonds is 5. The molecule has 0 fully saturated rings. The van der Waals surface area contributed by atoms with Crippen molar-refractivity contribution in [1.29, 1.82) is 0 Å². The number of aromatic amines is 1. The number of aromatic nitrogens is 3. The monoisotopic (exact) mass is 338 g/mol. The minimum atomic E-state index is -0.316. The van der Waals surface area contributed by atoms with E-state index in [1.165, 1.54) is 10.7 Å². The molecule has 1 unspecified atom stereocenters. The number of nitrogens with zero attached hydrogens (tertiary/aromatic N) is 2. The zero-order chi connectivity index (χ0) is 17.8. The molecule has 0 aliphatic carbocycles. The molecule has 3 rings (SSSR count). The van der Waals surface area contributed by atoms with Gasteiger partial charge in [0.25, 0.3) is 11.5 Å². The molecule has 0 saturated carbocycles. The highest BCUT2D eigenvalue weighted by molar-refractivity contribution is 5.92. The van der Waals surface area contributed by atoms with Gasteiger partial charge in [-0.15, -0.1) is 0 Å². The summed E-state index contributed by atoms with van der Waals surface area (Å²) in [7, 11) is 1.62. The molecule has 2 heterocycles. The summed E-state index contributed by atoms with van der Waals surface area (Å²) in [6.45, 7) is 1.87. The molecule has 0 radical (unpaired) electrons. The van der Waals surface area contributed by atoms with E-state index in [0.29, 0.717) is 11.5 Å². The van der Waals surface area contributed by atoms with Crippen LogP contribution in [0.25, 0.3) is 0 Å². The zero-order valence-electron chi connectivity index (χ0n) is 13.9. The van der Waals surface area contributed by atoms with Gasteiger partial charge in [-0.3, -0.25) is 24.4 Å². The maximum atomic E-state index is 12.2. The van der Waals surface area contributed by atoms with E-state index >= 15 is 0 Å². The van der Waals surface area contributed by atoms with E-state index in [9.17, 15) is 9.59 Å². The average molecular weight is 338 g/mol. The van der Waals surface area contributed by atoms with E-state index in [2.05, 4.69) is 15.4 Å². The van der Waals surface area contributed by atoms with Crippen molar-refractivity contribution < 1.29 is 9.53 Å². The summed E-state index contributed by atoms with van der Waals surface area (Å²) >= 11 is 0. The van der Waals surface area contributed by atoms with Crippen molar-refractivity contribution in [3.63, 3.8) is 0 Å². The highest BCUT2D eigenvalue weighted by Gasteiger charge is 2.15. The SMILES string of the molecule is CC(NC(=O)c1cc(=O)[nH]n1C)c1ccc(Oc2cccnc2)cc1. The topological polar surface area (TPSA) is 89.0 Å². The Hall–Kier alpha value is -3.35. The van der Waals surface area contributed by atoms with Gasteiger partial charge in [0, 0.05) is 19.3 Å². The predicted molar refractivity (Wildman–Crippen MR) is 92.7 cm³/mol. The highest BCUT2D eigenvalue weighted by Crippen LogP contribution is 2.22. The van der Waals surface area contributed by atoms with Gasteiger partial charge in [-0.2, -0.15) is 0 Å². The number of pyridine rings is 1. The Morgan fingerprint density at radius 2 is 2.00 bits per heavy atom. The predicted octanol–water partition coefficient (Wildman–Crippen LogP) is 2.39. The van der Waals surface area contributed by atoms with Crippen LogP contribution < -0.4 is 15.6 Å². The molecule has 2 N–H and O–H groups in total. The third-order valence-corrected chi connectivity index (χ3v) is 3.74. The molecule has 1 aromatic carbocycles. The lowest BCUT2D eigenvalue weighted by Crippen LogP contribution is -2.28. The first-order chi connectivity index (χ1) is 12.0. The number of ether oxygens (including phenoxy) is 1. The second-order valence-electron chi connectivity index (χ2n) is 5.62. The fourth-order valence-electron chi connectivity index (χ4n) is 2.42. The fourth-order valence-corrected chi connectivity index (χ4v) is 2.42. The van der Waals surface area contributed by atoms with Crippen LogP contribution in [0.2, 0.25) is 0 Å². The Morgan fingerprint density at radius 1 is 1.24 bits per heavy atom. The van der Waals surface area contributed by atoms with Gasteiger partial charge in [-0.1, -0.05) is 12.1 Å². The normalized spacial score (nSPS) is 11.8. The smallest absolute Gasteiger partial charge is 0.270 e. The fraction of sp³-hybridized carbons (Fsp3) is 0.167. The Morgan fingerprint density at radius 3 is 2.60 bits per heavy atom. The van der Waals surface area contributed by atoms with E-state index in [1.54, 1.807) is 25.5 Å². The Balaban J connectivity index is 1.66. The van der Waals surface area contributed by atoms with Gasteiger partial charge in [0.2, 0.25) is 0 Å². The molecule has 1 atom stereocenters. The molecular formula is C18H18N4O3. The molecule has 128 valence electrons. The second kappa shape index (κ2) is 7.04. The van der Waals surface area contributed by atoms with Crippen LogP contribution in [0.15, 0.2) is 59.7 Å². The Bertz CT molecular complexity index is 913. The van der Waals surface area contributed by atoms with E-state index in [1.807, 2.05) is 37.3 Å². The summed E-state index contributed by atoms with van der Waals surface area (Å²) in [4.78, 5) is 27.5. The van der Waals surface area contributed by atoms with Gasteiger partial charge in [0.15, 0.2) is 0 Å². The number of amides is 1. The van der Waals surface area contributed by atoms with Crippen LogP contribution in [0.5, 0.6) is 11.5 Å². The standard InChI is InChI=1S/C18H18N4O3/c1-12(20-18(24)16-10-17(23)21-22(16)2)13-5-7-14(8-6-13)25-15-4-3-9-19-11-15/h3-12H,1-2H3,(H,20,24)(H,21,23). The first kappa shape index (κ1) is 16.5. The van der Waals surface area contributed by atoms with Crippen LogP contribution in [-0.2, 0) is 7.05 Å². The number of hydrogen-bond acceptors (Lipinski definition) is 4. The molecule has 7 heteroatoms. The van der Waals surface area contributed by atoms with Crippen LogP contribution in [0.1, 0.15) is 29.0 Å². The molecule has 3 aromatic rings. The number of aryl methyl sites for hydroxylation is 1. The number of benzene rings is 1. The molecule has 7 nitrogen and oxygen atoms in total. The van der Waals surface area contributed by atoms with Crippen LogP contribution in [0, 0.1) is 0 Å². The number of H-pyrrole nitrogens is 1. The summed E-state index contributed by atoms with van der Waals surface area (Å²) < 4.78 is 7.09. The number of carbonyl (C=O) groups excluding carboxylic acids is 1. The largest absolute Gasteiger partial charge is 0.456 e. The van der Waals surface area contributed by atoms with Crippen molar-refractivity contribution in [3.8, 4) is 11.5 Å².